The molecule has 0 spiro atoms. The molecule has 168 valence electrons. The standard InChI is InChI=1S/C23H23BrN2O5S/c1-5-30-23(29)18-15-10-11-16(24)19(20(15)32-22(18)25-14(4)27)31-13(3)21(28)26-17-9-7-6-8-12(17)2/h6-11,13H,5H2,1-4H3,(H,25,27)(H,26,28)/t13-/m0/s1. The van der Waals surface area contributed by atoms with Gasteiger partial charge in [-0.1, -0.05) is 24.3 Å². The molecule has 32 heavy (non-hydrogen) atoms. The molecule has 1 aromatic heterocycles. The number of halogens is 1. The molecule has 0 unspecified atom stereocenters. The van der Waals surface area contributed by atoms with Crippen LogP contribution in [0.5, 0.6) is 5.75 Å². The Hall–Kier alpha value is -2.91. The molecular formula is C23H23BrN2O5S. The topological polar surface area (TPSA) is 93.7 Å². The number of amides is 2. The summed E-state index contributed by atoms with van der Waals surface area (Å²) in [6.45, 7) is 6.83. The molecule has 0 saturated heterocycles. The van der Waals surface area contributed by atoms with E-state index in [1.165, 1.54) is 18.3 Å². The summed E-state index contributed by atoms with van der Waals surface area (Å²) in [5.41, 5.74) is 1.91. The van der Waals surface area contributed by atoms with Crippen molar-refractivity contribution < 1.29 is 23.9 Å². The number of benzene rings is 2. The van der Waals surface area contributed by atoms with Crippen molar-refractivity contribution in [2.45, 2.75) is 33.8 Å². The molecule has 2 N–H and O–H groups in total. The molecule has 0 saturated carbocycles. The Bertz CT molecular complexity index is 1190. The van der Waals surface area contributed by atoms with Gasteiger partial charge in [-0.3, -0.25) is 9.59 Å². The second-order valence-electron chi connectivity index (χ2n) is 7.03. The lowest BCUT2D eigenvalue weighted by molar-refractivity contribution is -0.122. The van der Waals surface area contributed by atoms with Gasteiger partial charge in [0.1, 0.15) is 10.6 Å². The van der Waals surface area contributed by atoms with E-state index < -0.39 is 12.1 Å². The Morgan fingerprint density at radius 3 is 2.50 bits per heavy atom. The number of ether oxygens (including phenoxy) is 2. The van der Waals surface area contributed by atoms with Gasteiger partial charge in [-0.05, 0) is 54.4 Å². The molecular weight excluding hydrogens is 496 g/mol. The molecule has 2 aromatic carbocycles. The normalized spacial score (nSPS) is 11.7. The van der Waals surface area contributed by atoms with Crippen molar-refractivity contribution in [3.05, 3.63) is 52.0 Å². The number of carbonyl (C=O) groups is 3. The molecule has 0 aliphatic rings. The van der Waals surface area contributed by atoms with Gasteiger partial charge in [-0.25, -0.2) is 4.79 Å². The molecule has 0 aliphatic carbocycles. The number of esters is 1. The third-order valence-electron chi connectivity index (χ3n) is 4.60. The van der Waals surface area contributed by atoms with Crippen molar-refractivity contribution in [2.75, 3.05) is 17.2 Å². The van der Waals surface area contributed by atoms with E-state index in [0.717, 1.165) is 5.56 Å². The van der Waals surface area contributed by atoms with Gasteiger partial charge in [0.15, 0.2) is 11.9 Å². The third kappa shape index (κ3) is 5.11. The van der Waals surface area contributed by atoms with Crippen LogP contribution in [-0.4, -0.2) is 30.5 Å². The van der Waals surface area contributed by atoms with Crippen molar-refractivity contribution in [3.63, 3.8) is 0 Å². The fourth-order valence-corrected chi connectivity index (χ4v) is 4.83. The summed E-state index contributed by atoms with van der Waals surface area (Å²) >= 11 is 4.66. The summed E-state index contributed by atoms with van der Waals surface area (Å²) in [5.74, 6) is -0.759. The van der Waals surface area contributed by atoms with Gasteiger partial charge < -0.3 is 20.1 Å². The average Bonchev–Trinajstić information content (AvgIpc) is 3.09. The molecule has 0 aliphatic heterocycles. The monoisotopic (exact) mass is 518 g/mol. The summed E-state index contributed by atoms with van der Waals surface area (Å²) in [6.07, 6.45) is -0.825. The lowest BCUT2D eigenvalue weighted by Gasteiger charge is -2.17. The van der Waals surface area contributed by atoms with Crippen LogP contribution in [0.15, 0.2) is 40.9 Å². The maximum absolute atomic E-state index is 12.7. The predicted octanol–water partition coefficient (Wildman–Crippen LogP) is 5.51. The van der Waals surface area contributed by atoms with E-state index in [4.69, 9.17) is 9.47 Å². The van der Waals surface area contributed by atoms with Crippen LogP contribution in [-0.2, 0) is 14.3 Å². The molecule has 7 nitrogen and oxygen atoms in total. The number of para-hydroxylation sites is 1. The molecule has 0 bridgehead atoms. The quantitative estimate of drug-likeness (QED) is 0.402. The summed E-state index contributed by atoms with van der Waals surface area (Å²) in [4.78, 5) is 37.0. The summed E-state index contributed by atoms with van der Waals surface area (Å²) in [7, 11) is 0. The van der Waals surface area contributed by atoms with Crippen molar-refractivity contribution in [3.8, 4) is 5.75 Å². The van der Waals surface area contributed by atoms with E-state index in [1.54, 1.807) is 26.0 Å². The highest BCUT2D eigenvalue weighted by Crippen LogP contribution is 2.45. The average molecular weight is 519 g/mol. The molecule has 9 heteroatoms. The first-order valence-electron chi connectivity index (χ1n) is 9.95. The highest BCUT2D eigenvalue weighted by Gasteiger charge is 2.26. The van der Waals surface area contributed by atoms with Gasteiger partial charge in [0.2, 0.25) is 5.91 Å². The number of fused-ring (bicyclic) bond motifs is 1. The smallest absolute Gasteiger partial charge is 0.341 e. The SMILES string of the molecule is CCOC(=O)c1c(NC(C)=O)sc2c(O[C@@H](C)C(=O)Nc3ccccc3C)c(Br)ccc12. The van der Waals surface area contributed by atoms with Gasteiger partial charge >= 0.3 is 5.97 Å². The van der Waals surface area contributed by atoms with Gasteiger partial charge in [0, 0.05) is 18.0 Å². The molecule has 0 fully saturated rings. The second-order valence-corrected chi connectivity index (χ2v) is 8.90. The first-order chi connectivity index (χ1) is 15.2. The van der Waals surface area contributed by atoms with Crippen LogP contribution >= 0.6 is 27.3 Å². The highest BCUT2D eigenvalue weighted by atomic mass is 79.9. The van der Waals surface area contributed by atoms with Crippen LogP contribution in [0.1, 0.15) is 36.7 Å². The van der Waals surface area contributed by atoms with E-state index in [9.17, 15) is 14.4 Å². The number of carbonyl (C=O) groups excluding carboxylic acids is 3. The Morgan fingerprint density at radius 1 is 1.12 bits per heavy atom. The Morgan fingerprint density at radius 2 is 1.84 bits per heavy atom. The van der Waals surface area contributed by atoms with Crippen LogP contribution in [0.25, 0.3) is 10.1 Å². The van der Waals surface area contributed by atoms with E-state index in [1.807, 2.05) is 31.2 Å². The van der Waals surface area contributed by atoms with Gasteiger partial charge in [-0.2, -0.15) is 0 Å². The van der Waals surface area contributed by atoms with Crippen molar-refractivity contribution in [2.24, 2.45) is 0 Å². The number of rotatable bonds is 7. The van der Waals surface area contributed by atoms with Gasteiger partial charge in [0.05, 0.1) is 15.8 Å². The number of hydrogen-bond donors (Lipinski definition) is 2. The molecule has 2 amide bonds. The molecule has 1 atom stereocenters. The van der Waals surface area contributed by atoms with Crippen LogP contribution in [0.3, 0.4) is 0 Å². The minimum absolute atomic E-state index is 0.200. The third-order valence-corrected chi connectivity index (χ3v) is 6.34. The second kappa shape index (κ2) is 10.1. The molecule has 3 rings (SSSR count). The van der Waals surface area contributed by atoms with Crippen LogP contribution in [0.4, 0.5) is 10.7 Å². The van der Waals surface area contributed by atoms with Crippen molar-refractivity contribution in [1.82, 2.24) is 0 Å². The lowest BCUT2D eigenvalue weighted by Crippen LogP contribution is -2.30. The van der Waals surface area contributed by atoms with Gasteiger partial charge in [0.25, 0.3) is 5.91 Å². The Kier molecular flexibility index (Phi) is 7.52. The molecule has 0 radical (unpaired) electrons. The maximum Gasteiger partial charge on any atom is 0.341 e. The zero-order valence-electron chi connectivity index (χ0n) is 18.1. The van der Waals surface area contributed by atoms with Gasteiger partial charge in [-0.15, -0.1) is 11.3 Å². The number of anilines is 2. The number of hydrogen-bond acceptors (Lipinski definition) is 6. The fraction of sp³-hybridized carbons (Fsp3) is 0.261. The maximum atomic E-state index is 12.7. The first-order valence-corrected chi connectivity index (χ1v) is 11.6. The highest BCUT2D eigenvalue weighted by molar-refractivity contribution is 9.10. The summed E-state index contributed by atoms with van der Waals surface area (Å²) in [6, 6.07) is 11.0. The van der Waals surface area contributed by atoms with E-state index in [-0.39, 0.29) is 24.0 Å². The zero-order chi connectivity index (χ0) is 23.4. The lowest BCUT2D eigenvalue weighted by atomic mass is 10.1. The van der Waals surface area contributed by atoms with E-state index in [0.29, 0.717) is 31.0 Å². The predicted molar refractivity (Wildman–Crippen MR) is 130 cm³/mol. The minimum atomic E-state index is -0.825. The largest absolute Gasteiger partial charge is 0.478 e. The van der Waals surface area contributed by atoms with Crippen LogP contribution in [0.2, 0.25) is 0 Å². The van der Waals surface area contributed by atoms with E-state index in [2.05, 4.69) is 26.6 Å². The number of nitrogens with one attached hydrogen (secondary N) is 2. The molecule has 3 aromatic rings. The summed E-state index contributed by atoms with van der Waals surface area (Å²) < 4.78 is 12.4. The first kappa shape index (κ1) is 23.7. The zero-order valence-corrected chi connectivity index (χ0v) is 20.5. The Balaban J connectivity index is 1.98. The van der Waals surface area contributed by atoms with Crippen molar-refractivity contribution >= 4 is 65.8 Å². The van der Waals surface area contributed by atoms with Crippen LogP contribution in [0, 0.1) is 6.92 Å². The fourth-order valence-electron chi connectivity index (χ4n) is 3.05. The Labute approximate surface area is 198 Å². The van der Waals surface area contributed by atoms with Crippen molar-refractivity contribution in [1.29, 1.82) is 0 Å². The minimum Gasteiger partial charge on any atom is -0.478 e. The number of aryl methyl sites for hydroxylation is 1. The summed E-state index contributed by atoms with van der Waals surface area (Å²) in [5, 5.41) is 6.50. The number of thiophene rings is 1. The molecule has 1 heterocycles. The van der Waals surface area contributed by atoms with Crippen LogP contribution < -0.4 is 15.4 Å². The van der Waals surface area contributed by atoms with E-state index >= 15 is 0 Å².